The van der Waals surface area contributed by atoms with Crippen LogP contribution in [-0.4, -0.2) is 44.6 Å². The second kappa shape index (κ2) is 8.17. The van der Waals surface area contributed by atoms with Gasteiger partial charge in [0.1, 0.15) is 32.9 Å². The molecule has 0 bridgehead atoms. The van der Waals surface area contributed by atoms with Gasteiger partial charge in [0.2, 0.25) is 5.91 Å². The molecule has 2 aromatic rings. The van der Waals surface area contributed by atoms with Crippen LogP contribution in [0.15, 0.2) is 29.2 Å². The Bertz CT molecular complexity index is 1140. The summed E-state index contributed by atoms with van der Waals surface area (Å²) >= 11 is 0. The van der Waals surface area contributed by atoms with E-state index in [1.807, 2.05) is 0 Å². The monoisotopic (exact) mass is 440 g/mol. The molecule has 162 valence electrons. The molecule has 1 aliphatic heterocycles. The maximum Gasteiger partial charge on any atom is 0.274 e. The fourth-order valence-electron chi connectivity index (χ4n) is 3.61. The second-order valence-corrected chi connectivity index (χ2v) is 9.65. The normalized spacial score (nSPS) is 16.9. The van der Waals surface area contributed by atoms with Gasteiger partial charge < -0.3 is 14.2 Å². The highest BCUT2D eigenvalue weighted by Gasteiger charge is 2.37. The molecule has 30 heavy (non-hydrogen) atoms. The fourth-order valence-corrected chi connectivity index (χ4v) is 4.14. The molecule has 1 aromatic carbocycles. The lowest BCUT2D eigenvalue weighted by atomic mass is 9.97. The first kappa shape index (κ1) is 21.9. The zero-order valence-corrected chi connectivity index (χ0v) is 17.6. The highest BCUT2D eigenvalue weighted by Crippen LogP contribution is 2.35. The van der Waals surface area contributed by atoms with Crippen molar-refractivity contribution in [2.75, 3.05) is 30.6 Å². The van der Waals surface area contributed by atoms with Gasteiger partial charge in [0, 0.05) is 55.6 Å². The summed E-state index contributed by atoms with van der Waals surface area (Å²) in [5, 5.41) is 0. The van der Waals surface area contributed by atoms with Crippen molar-refractivity contribution in [3.63, 3.8) is 0 Å². The Morgan fingerprint density at radius 2 is 1.83 bits per heavy atom. The molecule has 0 radical (unpaired) electrons. The van der Waals surface area contributed by atoms with Crippen molar-refractivity contribution < 1.29 is 26.7 Å². The van der Waals surface area contributed by atoms with Crippen LogP contribution >= 0.6 is 0 Å². The maximum atomic E-state index is 14.5. The van der Waals surface area contributed by atoms with Gasteiger partial charge in [-0.15, -0.1) is 0 Å². The number of halogens is 2. The Balaban J connectivity index is 1.95. The molecule has 0 aliphatic carbocycles. The molecule has 0 saturated carbocycles. The summed E-state index contributed by atoms with van der Waals surface area (Å²) in [6.07, 6.45) is 2.38. The largest absolute Gasteiger partial charge is 0.497 e. The number of hydrogen-bond donors (Lipinski definition) is 0. The van der Waals surface area contributed by atoms with E-state index in [4.69, 9.17) is 4.74 Å². The van der Waals surface area contributed by atoms with Gasteiger partial charge >= 0.3 is 0 Å². The van der Waals surface area contributed by atoms with E-state index in [1.165, 1.54) is 22.8 Å². The third-order valence-corrected chi connectivity index (χ3v) is 6.06. The molecule has 0 unspecified atom stereocenters. The lowest BCUT2D eigenvalue weighted by molar-refractivity contribution is -0.117. The number of nitrogens with zero attached hydrogens (tertiary/aromatic N) is 2. The summed E-state index contributed by atoms with van der Waals surface area (Å²) < 4.78 is 57.9. The van der Waals surface area contributed by atoms with Crippen LogP contribution in [-0.2, 0) is 21.2 Å². The molecule has 1 aromatic heterocycles. The summed E-state index contributed by atoms with van der Waals surface area (Å²) in [6.45, 7) is 1.52. The lowest BCUT2D eigenvalue weighted by Gasteiger charge is -2.20. The van der Waals surface area contributed by atoms with E-state index >= 15 is 0 Å². The first-order valence-electron chi connectivity index (χ1n) is 9.23. The minimum absolute atomic E-state index is 0.0302. The van der Waals surface area contributed by atoms with E-state index < -0.39 is 38.9 Å². The third kappa shape index (κ3) is 4.38. The Morgan fingerprint density at radius 3 is 2.40 bits per heavy atom. The van der Waals surface area contributed by atoms with Crippen LogP contribution in [0.4, 0.5) is 14.5 Å². The average Bonchev–Trinajstić information content (AvgIpc) is 3.00. The van der Waals surface area contributed by atoms with Crippen molar-refractivity contribution in [1.82, 2.24) is 4.57 Å². The number of anilines is 1. The number of carbonyl (C=O) groups is 1. The summed E-state index contributed by atoms with van der Waals surface area (Å²) in [7, 11) is -1.99. The molecule has 0 spiro atoms. The van der Waals surface area contributed by atoms with E-state index in [9.17, 15) is 26.8 Å². The van der Waals surface area contributed by atoms with Gasteiger partial charge in [-0.3, -0.25) is 9.59 Å². The molecule has 3 rings (SSSR count). The molecular formula is C20H22F2N2O5S. The number of aryl methyl sites for hydroxylation is 2. The lowest BCUT2D eigenvalue weighted by Crippen LogP contribution is -2.35. The fraction of sp³-hybridized carbons (Fsp3) is 0.400. The third-order valence-electron chi connectivity index (χ3n) is 5.14. The number of ether oxygens (including phenoxy) is 1. The van der Waals surface area contributed by atoms with E-state index in [0.29, 0.717) is 5.56 Å². The molecule has 1 aliphatic rings. The number of hydrogen-bond acceptors (Lipinski definition) is 5. The zero-order chi connectivity index (χ0) is 22.2. The van der Waals surface area contributed by atoms with Crippen LogP contribution in [0.1, 0.15) is 23.5 Å². The molecule has 1 amide bonds. The van der Waals surface area contributed by atoms with Crippen LogP contribution in [0.5, 0.6) is 5.75 Å². The van der Waals surface area contributed by atoms with Gasteiger partial charge in [-0.25, -0.2) is 17.2 Å². The van der Waals surface area contributed by atoms with Crippen molar-refractivity contribution in [2.24, 2.45) is 0 Å². The quantitative estimate of drug-likeness (QED) is 0.686. The second-order valence-electron chi connectivity index (χ2n) is 7.39. The SMILES string of the molecule is COc1cc(F)c([C@H]2CC(=O)N(c3c(C)ccn(CCS(C)(=O)=O)c3=O)C2)c(F)c1. The highest BCUT2D eigenvalue weighted by molar-refractivity contribution is 7.90. The smallest absolute Gasteiger partial charge is 0.274 e. The van der Waals surface area contributed by atoms with Gasteiger partial charge in [0.25, 0.3) is 5.56 Å². The Morgan fingerprint density at radius 1 is 1.20 bits per heavy atom. The van der Waals surface area contributed by atoms with Gasteiger partial charge in [-0.2, -0.15) is 0 Å². The Labute approximate surface area is 172 Å². The number of carbonyl (C=O) groups excluding carboxylic acids is 1. The number of amides is 1. The van der Waals surface area contributed by atoms with Gasteiger partial charge in [-0.05, 0) is 18.6 Å². The number of rotatable bonds is 6. The van der Waals surface area contributed by atoms with Crippen molar-refractivity contribution in [2.45, 2.75) is 25.8 Å². The molecular weight excluding hydrogens is 418 g/mol. The van der Waals surface area contributed by atoms with E-state index in [-0.39, 0.29) is 42.3 Å². The summed E-state index contributed by atoms with van der Waals surface area (Å²) in [5.74, 6) is -3.04. The topological polar surface area (TPSA) is 85.7 Å². The zero-order valence-electron chi connectivity index (χ0n) is 16.8. The summed E-state index contributed by atoms with van der Waals surface area (Å²) in [4.78, 5) is 26.8. The van der Waals surface area contributed by atoms with E-state index in [2.05, 4.69) is 0 Å². The number of pyridine rings is 1. The number of methoxy groups -OCH3 is 1. The molecule has 1 atom stereocenters. The van der Waals surface area contributed by atoms with Crippen LogP contribution in [0.2, 0.25) is 0 Å². The van der Waals surface area contributed by atoms with Crippen LogP contribution in [0, 0.1) is 18.6 Å². The molecule has 10 heteroatoms. The predicted molar refractivity (Wildman–Crippen MR) is 108 cm³/mol. The molecule has 0 N–H and O–H groups in total. The first-order valence-corrected chi connectivity index (χ1v) is 11.3. The van der Waals surface area contributed by atoms with Crippen molar-refractivity contribution >= 4 is 21.4 Å². The number of benzene rings is 1. The van der Waals surface area contributed by atoms with Crippen molar-refractivity contribution in [1.29, 1.82) is 0 Å². The van der Waals surface area contributed by atoms with Crippen LogP contribution in [0.3, 0.4) is 0 Å². The van der Waals surface area contributed by atoms with E-state index in [1.54, 1.807) is 13.0 Å². The minimum Gasteiger partial charge on any atom is -0.497 e. The number of aromatic nitrogens is 1. The minimum atomic E-state index is -3.29. The molecule has 7 nitrogen and oxygen atoms in total. The van der Waals surface area contributed by atoms with Crippen LogP contribution < -0.4 is 15.2 Å². The van der Waals surface area contributed by atoms with Gasteiger partial charge in [0.05, 0.1) is 12.9 Å². The summed E-state index contributed by atoms with van der Waals surface area (Å²) in [6, 6.07) is 3.71. The van der Waals surface area contributed by atoms with Crippen molar-refractivity contribution in [3.8, 4) is 5.75 Å². The van der Waals surface area contributed by atoms with Gasteiger partial charge in [0.15, 0.2) is 0 Å². The summed E-state index contributed by atoms with van der Waals surface area (Å²) in [5.41, 5.74) is -0.144. The van der Waals surface area contributed by atoms with Crippen molar-refractivity contribution in [3.05, 3.63) is 57.5 Å². The van der Waals surface area contributed by atoms with Gasteiger partial charge in [-0.1, -0.05) is 0 Å². The highest BCUT2D eigenvalue weighted by atomic mass is 32.2. The molecule has 2 heterocycles. The maximum absolute atomic E-state index is 14.5. The number of sulfone groups is 1. The molecule has 1 saturated heterocycles. The predicted octanol–water partition coefficient (Wildman–Crippen LogP) is 2.01. The Hall–Kier alpha value is -2.75. The first-order chi connectivity index (χ1) is 14.0. The average molecular weight is 440 g/mol. The Kier molecular flexibility index (Phi) is 5.98. The van der Waals surface area contributed by atoms with E-state index in [0.717, 1.165) is 18.4 Å². The molecule has 1 fully saturated rings. The van der Waals surface area contributed by atoms with Crippen LogP contribution in [0.25, 0.3) is 0 Å². The standard InChI is InChI=1S/C20H22F2N2O5S/c1-12-4-5-23(6-7-30(3,27)28)20(26)19(12)24-11-13(8-17(24)25)18-15(21)9-14(29-2)10-16(18)22/h4-5,9-10,13H,6-8,11H2,1-3H3/t13-/m0/s1.